The van der Waals surface area contributed by atoms with Gasteiger partial charge >= 0.3 is 0 Å². The number of halogens is 1. The molecule has 0 radical (unpaired) electrons. The van der Waals surface area contributed by atoms with Crippen LogP contribution in [0, 0.1) is 0 Å². The summed E-state index contributed by atoms with van der Waals surface area (Å²) in [4.78, 5) is 7.12. The molecule has 6 heteroatoms. The van der Waals surface area contributed by atoms with Crippen LogP contribution in [0.1, 0.15) is 51.8 Å². The summed E-state index contributed by atoms with van der Waals surface area (Å²) in [7, 11) is -1.90. The molecular weight excluding hydrogens is 454 g/mol. The largest absolute Gasteiger partial charge is 0.543 e. The van der Waals surface area contributed by atoms with Crippen molar-refractivity contribution in [3.63, 3.8) is 0 Å². The maximum Gasteiger partial charge on any atom is 0.250 e. The molecule has 1 fully saturated rings. The van der Waals surface area contributed by atoms with E-state index in [9.17, 15) is 0 Å². The van der Waals surface area contributed by atoms with Crippen LogP contribution in [0.5, 0.6) is 5.75 Å². The summed E-state index contributed by atoms with van der Waals surface area (Å²) in [5.41, 5.74) is 2.47. The van der Waals surface area contributed by atoms with Crippen LogP contribution in [0.3, 0.4) is 0 Å². The van der Waals surface area contributed by atoms with Crippen LogP contribution in [0.2, 0.25) is 18.1 Å². The standard InChI is InChI=1S/C24H36BrN3OSi/c1-17-16-28(18(2)14-26-17)23(20-11-12-22(25)27-15-20)19-9-8-10-21(13-19)29-30(6,7)24(3,4)5/h8-13,15,17-18,23,26H,14,16H2,1-7H3/t17-,18+,23-/m1/s1. The van der Waals surface area contributed by atoms with E-state index in [0.29, 0.717) is 12.1 Å². The number of pyridine rings is 1. The highest BCUT2D eigenvalue weighted by Gasteiger charge is 2.39. The van der Waals surface area contributed by atoms with Gasteiger partial charge in [-0.25, -0.2) is 4.98 Å². The van der Waals surface area contributed by atoms with Gasteiger partial charge in [0.15, 0.2) is 0 Å². The molecule has 4 nitrogen and oxygen atoms in total. The monoisotopic (exact) mass is 489 g/mol. The lowest BCUT2D eigenvalue weighted by Gasteiger charge is -2.43. The van der Waals surface area contributed by atoms with Crippen molar-refractivity contribution < 1.29 is 4.43 Å². The quantitative estimate of drug-likeness (QED) is 0.412. The molecule has 3 atom stereocenters. The smallest absolute Gasteiger partial charge is 0.250 e. The molecule has 1 N–H and O–H groups in total. The zero-order valence-corrected chi connectivity index (χ0v) is 22.0. The molecule has 1 aliphatic rings. The van der Waals surface area contributed by atoms with Crippen LogP contribution in [0.15, 0.2) is 47.2 Å². The fourth-order valence-electron chi connectivity index (χ4n) is 3.73. The number of piperazine rings is 1. The van der Waals surface area contributed by atoms with Gasteiger partial charge in [0.1, 0.15) is 10.4 Å². The third kappa shape index (κ3) is 5.33. The van der Waals surface area contributed by atoms with Crippen molar-refractivity contribution in [2.75, 3.05) is 13.1 Å². The zero-order chi connectivity index (χ0) is 22.1. The Bertz CT molecular complexity index is 850. The molecule has 2 heterocycles. The normalized spacial score (nSPS) is 22.0. The maximum atomic E-state index is 6.63. The minimum absolute atomic E-state index is 0.146. The van der Waals surface area contributed by atoms with Crippen LogP contribution in [0.25, 0.3) is 0 Å². The Labute approximate surface area is 191 Å². The first-order chi connectivity index (χ1) is 14.0. The Balaban J connectivity index is 2.01. The summed E-state index contributed by atoms with van der Waals surface area (Å²) in [6.07, 6.45) is 2.00. The van der Waals surface area contributed by atoms with E-state index in [1.807, 2.05) is 12.3 Å². The van der Waals surface area contributed by atoms with Gasteiger partial charge in [-0.2, -0.15) is 0 Å². The topological polar surface area (TPSA) is 37.4 Å². The Kier molecular flexibility index (Phi) is 7.12. The highest BCUT2D eigenvalue weighted by molar-refractivity contribution is 9.10. The first-order valence-electron chi connectivity index (χ1n) is 10.9. The van der Waals surface area contributed by atoms with Crippen molar-refractivity contribution in [3.8, 4) is 5.75 Å². The Hall–Kier alpha value is -1.21. The second-order valence-corrected chi connectivity index (χ2v) is 15.6. The fraction of sp³-hybridized carbons (Fsp3) is 0.542. The van der Waals surface area contributed by atoms with E-state index in [-0.39, 0.29) is 11.1 Å². The van der Waals surface area contributed by atoms with Gasteiger partial charge in [0.25, 0.3) is 0 Å². The third-order valence-corrected chi connectivity index (χ3v) is 11.4. The van der Waals surface area contributed by atoms with Gasteiger partial charge in [0, 0.05) is 31.4 Å². The summed E-state index contributed by atoms with van der Waals surface area (Å²) >= 11 is 3.48. The molecule has 164 valence electrons. The zero-order valence-electron chi connectivity index (χ0n) is 19.4. The van der Waals surface area contributed by atoms with E-state index >= 15 is 0 Å². The number of hydrogen-bond acceptors (Lipinski definition) is 4. The second kappa shape index (κ2) is 9.11. The minimum Gasteiger partial charge on any atom is -0.543 e. The van der Waals surface area contributed by atoms with E-state index in [4.69, 9.17) is 4.43 Å². The van der Waals surface area contributed by atoms with Crippen molar-refractivity contribution >= 4 is 24.2 Å². The molecule has 1 aromatic carbocycles. The van der Waals surface area contributed by atoms with Gasteiger partial charge in [-0.3, -0.25) is 4.90 Å². The predicted octanol–water partition coefficient (Wildman–Crippen LogP) is 6.00. The summed E-state index contributed by atoms with van der Waals surface area (Å²) in [6.45, 7) is 18.0. The van der Waals surface area contributed by atoms with Gasteiger partial charge < -0.3 is 9.74 Å². The molecule has 1 aliphatic heterocycles. The molecular formula is C24H36BrN3OSi. The van der Waals surface area contributed by atoms with Gasteiger partial charge in [-0.1, -0.05) is 39.0 Å². The highest BCUT2D eigenvalue weighted by Crippen LogP contribution is 2.39. The van der Waals surface area contributed by atoms with E-state index < -0.39 is 8.32 Å². The predicted molar refractivity (Wildman–Crippen MR) is 132 cm³/mol. The second-order valence-electron chi connectivity index (χ2n) is 10.1. The molecule has 2 aromatic rings. The van der Waals surface area contributed by atoms with Crippen LogP contribution in [-0.2, 0) is 0 Å². The van der Waals surface area contributed by atoms with Gasteiger partial charge in [-0.05, 0) is 77.2 Å². The number of nitrogens with one attached hydrogen (secondary N) is 1. The average molecular weight is 491 g/mol. The van der Waals surface area contributed by atoms with E-state index in [0.717, 1.165) is 23.4 Å². The van der Waals surface area contributed by atoms with Crippen molar-refractivity contribution in [2.24, 2.45) is 0 Å². The van der Waals surface area contributed by atoms with Crippen molar-refractivity contribution in [3.05, 3.63) is 58.3 Å². The highest BCUT2D eigenvalue weighted by atomic mass is 79.9. The fourth-order valence-corrected chi connectivity index (χ4v) is 4.99. The molecule has 0 spiro atoms. The summed E-state index contributed by atoms with van der Waals surface area (Å²) in [6, 6.07) is 14.0. The summed E-state index contributed by atoms with van der Waals surface area (Å²) in [5, 5.41) is 3.77. The molecule has 0 bridgehead atoms. The van der Waals surface area contributed by atoms with Gasteiger partial charge in [0.05, 0.1) is 6.04 Å². The van der Waals surface area contributed by atoms with Gasteiger partial charge in [-0.15, -0.1) is 0 Å². The van der Waals surface area contributed by atoms with Crippen LogP contribution in [-0.4, -0.2) is 43.4 Å². The lowest BCUT2D eigenvalue weighted by molar-refractivity contribution is 0.113. The number of aromatic nitrogens is 1. The molecule has 3 rings (SSSR count). The van der Waals surface area contributed by atoms with Crippen molar-refractivity contribution in [1.29, 1.82) is 0 Å². The lowest BCUT2D eigenvalue weighted by Crippen LogP contribution is -2.55. The molecule has 0 amide bonds. The Morgan fingerprint density at radius 1 is 1.17 bits per heavy atom. The van der Waals surface area contributed by atoms with Gasteiger partial charge in [0.2, 0.25) is 8.32 Å². The average Bonchev–Trinajstić information content (AvgIpc) is 2.65. The Morgan fingerprint density at radius 3 is 2.53 bits per heavy atom. The first kappa shape index (κ1) is 23.5. The molecule has 0 aliphatic carbocycles. The minimum atomic E-state index is -1.90. The number of nitrogens with zero attached hydrogens (tertiary/aromatic N) is 2. The SMILES string of the molecule is C[C@@H]1CN([C@@H](c2ccc(Br)nc2)c2cccc(O[Si](C)(C)C(C)(C)C)c2)[C@@H](C)CN1. The third-order valence-electron chi connectivity index (χ3n) is 6.56. The van der Waals surface area contributed by atoms with Crippen molar-refractivity contribution in [2.45, 2.75) is 70.9 Å². The molecule has 0 saturated carbocycles. The number of benzene rings is 1. The first-order valence-corrected chi connectivity index (χ1v) is 14.6. The maximum absolute atomic E-state index is 6.63. The number of hydrogen-bond donors (Lipinski definition) is 1. The number of rotatable bonds is 5. The van der Waals surface area contributed by atoms with Crippen molar-refractivity contribution in [1.82, 2.24) is 15.2 Å². The van der Waals surface area contributed by atoms with E-state index in [1.165, 1.54) is 11.1 Å². The van der Waals surface area contributed by atoms with E-state index in [1.54, 1.807) is 0 Å². The molecule has 30 heavy (non-hydrogen) atoms. The molecule has 0 unspecified atom stereocenters. The van der Waals surface area contributed by atoms with Crippen LogP contribution < -0.4 is 9.74 Å². The summed E-state index contributed by atoms with van der Waals surface area (Å²) < 4.78 is 7.50. The molecule has 1 aromatic heterocycles. The van der Waals surface area contributed by atoms with Crippen LogP contribution in [0.4, 0.5) is 0 Å². The lowest BCUT2D eigenvalue weighted by atomic mass is 9.95. The van der Waals surface area contributed by atoms with E-state index in [2.05, 4.69) is 109 Å². The van der Waals surface area contributed by atoms with Crippen LogP contribution >= 0.6 is 15.9 Å². The summed E-state index contributed by atoms with van der Waals surface area (Å²) in [5.74, 6) is 0.977. The Morgan fingerprint density at radius 2 is 1.90 bits per heavy atom. The molecule has 1 saturated heterocycles.